The van der Waals surface area contributed by atoms with Gasteiger partial charge in [-0.25, -0.2) is 4.98 Å². The molecule has 0 saturated heterocycles. The molecule has 0 amide bonds. The first-order valence-electron chi connectivity index (χ1n) is 8.00. The van der Waals surface area contributed by atoms with Crippen molar-refractivity contribution in [2.75, 3.05) is 0 Å². The van der Waals surface area contributed by atoms with Gasteiger partial charge in [-0.2, -0.15) is 0 Å². The Bertz CT molecular complexity index is 355. The fraction of sp³-hybridized carbons (Fsp3) is 0.706. The van der Waals surface area contributed by atoms with Crippen LogP contribution in [0.5, 0.6) is 0 Å². The topological polar surface area (TPSA) is 12.9 Å². The second kappa shape index (κ2) is 11.7. The summed E-state index contributed by atoms with van der Waals surface area (Å²) in [5.74, 6) is 0. The highest BCUT2D eigenvalue weighted by Gasteiger charge is 2.08. The molecule has 0 radical (unpaired) electrons. The van der Waals surface area contributed by atoms with Crippen molar-refractivity contribution in [1.82, 2.24) is 4.98 Å². The monoisotopic (exact) mass is 403 g/mol. The van der Waals surface area contributed by atoms with Gasteiger partial charge in [0.15, 0.2) is 0 Å². The first-order chi connectivity index (χ1) is 9.74. The molecule has 0 spiro atoms. The molecule has 1 aromatic rings. The van der Waals surface area contributed by atoms with Crippen molar-refractivity contribution < 1.29 is 0 Å². The van der Waals surface area contributed by atoms with E-state index in [0.29, 0.717) is 4.83 Å². The normalized spacial score (nSPS) is 12.6. The summed E-state index contributed by atoms with van der Waals surface area (Å²) >= 11 is 7.17. The standard InChI is InChI=1S/C17H27Br2N/c1-2-3-4-5-6-7-8-9-10-12-15(18)16-13-11-14-17(19)20-16/h11,13-15H,2-10,12H2,1H3. The van der Waals surface area contributed by atoms with Gasteiger partial charge in [-0.15, -0.1) is 0 Å². The van der Waals surface area contributed by atoms with Crippen molar-refractivity contribution in [3.8, 4) is 0 Å². The number of aromatic nitrogens is 1. The second-order valence-corrected chi connectivity index (χ2v) is 7.39. The molecule has 1 rings (SSSR count). The van der Waals surface area contributed by atoms with Crippen molar-refractivity contribution in [2.45, 2.75) is 76.0 Å². The van der Waals surface area contributed by atoms with E-state index in [9.17, 15) is 0 Å². The molecule has 1 atom stereocenters. The van der Waals surface area contributed by atoms with Crippen LogP contribution in [0.25, 0.3) is 0 Å². The zero-order chi connectivity index (χ0) is 14.6. The highest BCUT2D eigenvalue weighted by Crippen LogP contribution is 2.28. The average Bonchev–Trinajstić information content (AvgIpc) is 2.45. The molecule has 1 heterocycles. The van der Waals surface area contributed by atoms with Crippen molar-refractivity contribution in [3.05, 3.63) is 28.5 Å². The van der Waals surface area contributed by atoms with Crippen LogP contribution in [-0.2, 0) is 0 Å². The Morgan fingerprint density at radius 2 is 1.55 bits per heavy atom. The van der Waals surface area contributed by atoms with E-state index in [1.807, 2.05) is 6.07 Å². The highest BCUT2D eigenvalue weighted by molar-refractivity contribution is 9.10. The summed E-state index contributed by atoms with van der Waals surface area (Å²) in [4.78, 5) is 4.89. The van der Waals surface area contributed by atoms with Crippen LogP contribution >= 0.6 is 31.9 Å². The molecule has 1 aromatic heterocycles. The van der Waals surface area contributed by atoms with Gasteiger partial charge in [0.25, 0.3) is 0 Å². The summed E-state index contributed by atoms with van der Waals surface area (Å²) in [6.45, 7) is 2.27. The molecule has 0 aliphatic rings. The van der Waals surface area contributed by atoms with Crippen LogP contribution in [-0.4, -0.2) is 4.98 Å². The summed E-state index contributed by atoms with van der Waals surface area (Å²) in [6, 6.07) is 6.12. The number of hydrogen-bond donors (Lipinski definition) is 0. The van der Waals surface area contributed by atoms with E-state index >= 15 is 0 Å². The van der Waals surface area contributed by atoms with E-state index in [2.05, 4.69) is 55.9 Å². The third-order valence-corrected chi connectivity index (χ3v) is 4.99. The number of nitrogens with zero attached hydrogens (tertiary/aromatic N) is 1. The molecule has 0 aliphatic heterocycles. The molecule has 0 fully saturated rings. The Labute approximate surface area is 141 Å². The summed E-state index contributed by atoms with van der Waals surface area (Å²) in [7, 11) is 0. The Morgan fingerprint density at radius 3 is 2.15 bits per heavy atom. The molecular formula is C17H27Br2N. The first-order valence-corrected chi connectivity index (χ1v) is 9.71. The minimum Gasteiger partial charge on any atom is -0.245 e. The van der Waals surface area contributed by atoms with Gasteiger partial charge < -0.3 is 0 Å². The number of hydrogen-bond acceptors (Lipinski definition) is 1. The lowest BCUT2D eigenvalue weighted by Gasteiger charge is -2.09. The molecule has 0 N–H and O–H groups in total. The van der Waals surface area contributed by atoms with Gasteiger partial charge in [0.05, 0.1) is 10.5 Å². The number of unbranched alkanes of at least 4 members (excludes halogenated alkanes) is 8. The second-order valence-electron chi connectivity index (χ2n) is 5.47. The lowest BCUT2D eigenvalue weighted by molar-refractivity contribution is 0.555. The lowest BCUT2D eigenvalue weighted by Crippen LogP contribution is -1.94. The van der Waals surface area contributed by atoms with Crippen LogP contribution in [0.3, 0.4) is 0 Å². The molecule has 114 valence electrons. The smallest absolute Gasteiger partial charge is 0.106 e. The van der Waals surface area contributed by atoms with Gasteiger partial charge in [0.2, 0.25) is 0 Å². The summed E-state index contributed by atoms with van der Waals surface area (Å²) in [6.07, 6.45) is 13.6. The Balaban J connectivity index is 2.01. The fourth-order valence-electron chi connectivity index (χ4n) is 2.38. The molecule has 0 bridgehead atoms. The zero-order valence-electron chi connectivity index (χ0n) is 12.6. The SMILES string of the molecule is CCCCCCCCCCCC(Br)c1cccc(Br)n1. The highest BCUT2D eigenvalue weighted by atomic mass is 79.9. The van der Waals surface area contributed by atoms with E-state index in [1.54, 1.807) is 0 Å². The first kappa shape index (κ1) is 18.2. The third kappa shape index (κ3) is 8.41. The number of pyridine rings is 1. The maximum atomic E-state index is 4.50. The summed E-state index contributed by atoms with van der Waals surface area (Å²) in [5, 5.41) is 0. The number of halogens is 2. The minimum absolute atomic E-state index is 0.393. The summed E-state index contributed by atoms with van der Waals surface area (Å²) < 4.78 is 0.923. The van der Waals surface area contributed by atoms with Gasteiger partial charge in [-0.1, -0.05) is 86.7 Å². The van der Waals surface area contributed by atoms with Gasteiger partial charge >= 0.3 is 0 Å². The van der Waals surface area contributed by atoms with Crippen molar-refractivity contribution in [1.29, 1.82) is 0 Å². The fourth-order valence-corrected chi connectivity index (χ4v) is 3.32. The molecular weight excluding hydrogens is 378 g/mol. The number of alkyl halides is 1. The molecule has 0 aliphatic carbocycles. The van der Waals surface area contributed by atoms with Crippen LogP contribution in [0.1, 0.15) is 81.7 Å². The van der Waals surface area contributed by atoms with Crippen LogP contribution in [0.4, 0.5) is 0 Å². The van der Waals surface area contributed by atoms with Crippen LogP contribution in [0.2, 0.25) is 0 Å². The van der Waals surface area contributed by atoms with Crippen molar-refractivity contribution in [2.24, 2.45) is 0 Å². The van der Waals surface area contributed by atoms with Crippen LogP contribution in [0, 0.1) is 0 Å². The molecule has 20 heavy (non-hydrogen) atoms. The maximum Gasteiger partial charge on any atom is 0.106 e. The minimum atomic E-state index is 0.393. The molecule has 1 unspecified atom stereocenters. The van der Waals surface area contributed by atoms with Gasteiger partial charge in [-0.3, -0.25) is 0 Å². The van der Waals surface area contributed by atoms with Gasteiger partial charge in [-0.05, 0) is 34.5 Å². The Morgan fingerprint density at radius 1 is 0.950 bits per heavy atom. The zero-order valence-corrected chi connectivity index (χ0v) is 15.8. The van der Waals surface area contributed by atoms with Crippen LogP contribution < -0.4 is 0 Å². The van der Waals surface area contributed by atoms with Crippen molar-refractivity contribution in [3.63, 3.8) is 0 Å². The number of rotatable bonds is 11. The Kier molecular flexibility index (Phi) is 10.7. The van der Waals surface area contributed by atoms with E-state index in [1.165, 1.54) is 64.2 Å². The van der Waals surface area contributed by atoms with E-state index in [-0.39, 0.29) is 0 Å². The average molecular weight is 405 g/mol. The molecule has 3 heteroatoms. The van der Waals surface area contributed by atoms with E-state index < -0.39 is 0 Å². The van der Waals surface area contributed by atoms with E-state index in [4.69, 9.17) is 0 Å². The predicted octanol–water partition coefficient (Wildman–Crippen LogP) is 7.20. The predicted molar refractivity (Wildman–Crippen MR) is 95.4 cm³/mol. The van der Waals surface area contributed by atoms with Crippen LogP contribution in [0.15, 0.2) is 22.8 Å². The van der Waals surface area contributed by atoms with Gasteiger partial charge in [0.1, 0.15) is 4.60 Å². The molecule has 0 saturated carbocycles. The third-order valence-electron chi connectivity index (χ3n) is 3.62. The largest absolute Gasteiger partial charge is 0.245 e. The lowest BCUT2D eigenvalue weighted by atomic mass is 10.1. The summed E-state index contributed by atoms with van der Waals surface area (Å²) in [5.41, 5.74) is 1.14. The Hall–Kier alpha value is 0.110. The quantitative estimate of drug-likeness (QED) is 0.216. The molecule has 0 aromatic carbocycles. The molecule has 1 nitrogen and oxygen atoms in total. The van der Waals surface area contributed by atoms with Gasteiger partial charge in [0, 0.05) is 0 Å². The maximum absolute atomic E-state index is 4.50. The van der Waals surface area contributed by atoms with Crippen molar-refractivity contribution >= 4 is 31.9 Å². The van der Waals surface area contributed by atoms with E-state index in [0.717, 1.165) is 10.3 Å².